The number of carbonyl (C=O) groups excluding carboxylic acids is 1. The molecule has 6 nitrogen and oxygen atoms in total. The lowest BCUT2D eigenvalue weighted by molar-refractivity contribution is -0.134. The number of fused-ring (bicyclic) bond motifs is 1. The van der Waals surface area contributed by atoms with Gasteiger partial charge in [0.2, 0.25) is 0 Å². The molecule has 7 heteroatoms. The third-order valence-electron chi connectivity index (χ3n) is 6.71. The molecule has 2 aliphatic rings. The highest BCUT2D eigenvalue weighted by atomic mass is 19.1. The number of amides is 1. The summed E-state index contributed by atoms with van der Waals surface area (Å²) >= 11 is 0. The summed E-state index contributed by atoms with van der Waals surface area (Å²) < 4.78 is 24.5. The number of hydrogen-bond acceptors (Lipinski definition) is 5. The van der Waals surface area contributed by atoms with Crippen molar-refractivity contribution in [2.24, 2.45) is 5.10 Å². The minimum atomic E-state index is -0.333. The summed E-state index contributed by atoms with van der Waals surface area (Å²) in [7, 11) is 3.21. The summed E-state index contributed by atoms with van der Waals surface area (Å²) in [6.45, 7) is 1.83. The molecule has 0 aromatic heterocycles. The molecule has 5 rings (SSSR count). The Labute approximate surface area is 204 Å². The maximum Gasteiger partial charge on any atom is 0.257 e. The number of methoxy groups -OCH3 is 2. The molecule has 0 N–H and O–H groups in total. The van der Waals surface area contributed by atoms with Crippen LogP contribution in [0.4, 0.5) is 4.39 Å². The Morgan fingerprint density at radius 3 is 2.54 bits per heavy atom. The molecule has 2 aliphatic heterocycles. The lowest BCUT2D eigenvalue weighted by Gasteiger charge is -2.30. The molecular weight excluding hydrogens is 445 g/mol. The van der Waals surface area contributed by atoms with Crippen molar-refractivity contribution in [2.75, 3.05) is 27.3 Å². The second-order valence-corrected chi connectivity index (χ2v) is 8.85. The fourth-order valence-electron chi connectivity index (χ4n) is 4.85. The Morgan fingerprint density at radius 1 is 1.03 bits per heavy atom. The number of ether oxygens (including phenoxy) is 2. The first-order valence-electron chi connectivity index (χ1n) is 11.7. The van der Waals surface area contributed by atoms with Crippen molar-refractivity contribution in [3.05, 3.63) is 94.8 Å². The van der Waals surface area contributed by atoms with E-state index in [0.717, 1.165) is 36.3 Å². The second kappa shape index (κ2) is 9.88. The van der Waals surface area contributed by atoms with Crippen LogP contribution in [0.3, 0.4) is 0 Å². The van der Waals surface area contributed by atoms with Crippen LogP contribution in [-0.4, -0.2) is 48.8 Å². The Bertz CT molecular complexity index is 1260. The molecule has 0 fully saturated rings. The molecule has 3 aromatic carbocycles. The van der Waals surface area contributed by atoms with Gasteiger partial charge in [0.05, 0.1) is 32.5 Å². The maximum atomic E-state index is 13.6. The van der Waals surface area contributed by atoms with Gasteiger partial charge in [0.1, 0.15) is 17.3 Å². The van der Waals surface area contributed by atoms with Crippen molar-refractivity contribution in [2.45, 2.75) is 25.4 Å². The van der Waals surface area contributed by atoms with Gasteiger partial charge in [-0.2, -0.15) is 5.10 Å². The molecule has 0 saturated heterocycles. The van der Waals surface area contributed by atoms with E-state index in [9.17, 15) is 9.18 Å². The molecule has 35 heavy (non-hydrogen) atoms. The van der Waals surface area contributed by atoms with Crippen molar-refractivity contribution in [1.82, 2.24) is 9.91 Å². The molecule has 0 bridgehead atoms. The summed E-state index contributed by atoms with van der Waals surface area (Å²) in [5.41, 5.74) is 4.99. The smallest absolute Gasteiger partial charge is 0.257 e. The average Bonchev–Trinajstić information content (AvgIpc) is 3.34. The normalized spacial score (nSPS) is 17.6. The van der Waals surface area contributed by atoms with E-state index in [1.165, 1.54) is 23.3 Å². The van der Waals surface area contributed by atoms with E-state index in [-0.39, 0.29) is 24.3 Å². The monoisotopic (exact) mass is 473 g/mol. The molecular formula is C28H28FN3O3. The van der Waals surface area contributed by atoms with Gasteiger partial charge in [-0.15, -0.1) is 0 Å². The van der Waals surface area contributed by atoms with Gasteiger partial charge in [-0.3, -0.25) is 9.69 Å². The fourth-order valence-corrected chi connectivity index (χ4v) is 4.85. The van der Waals surface area contributed by atoms with Crippen LogP contribution in [0.1, 0.15) is 34.7 Å². The van der Waals surface area contributed by atoms with Crippen LogP contribution < -0.4 is 9.47 Å². The number of nitrogens with zero attached hydrogens (tertiary/aromatic N) is 3. The van der Waals surface area contributed by atoms with Crippen LogP contribution >= 0.6 is 0 Å². The molecule has 2 heterocycles. The minimum absolute atomic E-state index is 0.0793. The highest BCUT2D eigenvalue weighted by Crippen LogP contribution is 2.39. The zero-order chi connectivity index (χ0) is 24.4. The molecule has 180 valence electrons. The molecule has 0 aliphatic carbocycles. The molecule has 1 atom stereocenters. The standard InChI is InChI=1S/C28H28FN3O3/c1-34-23-11-12-24(27(15-23)35-2)26-16-25(20-7-9-22(29)10-8-20)30-32(26)28(33)18-31-14-13-19-5-3-4-6-21(19)17-31/h3-12,15,26H,13-14,16-18H2,1-2H3/t26-/m1/s1. The number of rotatable bonds is 6. The number of halogens is 1. The van der Waals surface area contributed by atoms with Crippen molar-refractivity contribution >= 4 is 11.6 Å². The first-order valence-corrected chi connectivity index (χ1v) is 11.7. The van der Waals surface area contributed by atoms with Crippen molar-refractivity contribution in [3.63, 3.8) is 0 Å². The number of hydrazone groups is 1. The van der Waals surface area contributed by atoms with E-state index in [2.05, 4.69) is 23.1 Å². The predicted molar refractivity (Wildman–Crippen MR) is 132 cm³/mol. The molecule has 0 unspecified atom stereocenters. The number of benzene rings is 3. The van der Waals surface area contributed by atoms with Gasteiger partial charge < -0.3 is 9.47 Å². The van der Waals surface area contributed by atoms with E-state index in [4.69, 9.17) is 14.6 Å². The van der Waals surface area contributed by atoms with Crippen molar-refractivity contribution in [1.29, 1.82) is 0 Å². The SMILES string of the molecule is COc1ccc([C@H]2CC(c3ccc(F)cc3)=NN2C(=O)CN2CCc3ccccc3C2)c(OC)c1. The van der Waals surface area contributed by atoms with Gasteiger partial charge in [-0.25, -0.2) is 9.40 Å². The van der Waals surface area contributed by atoms with Gasteiger partial charge in [0.25, 0.3) is 5.91 Å². The molecule has 0 radical (unpaired) electrons. The van der Waals surface area contributed by atoms with Crippen LogP contribution in [-0.2, 0) is 17.8 Å². The zero-order valence-electron chi connectivity index (χ0n) is 19.9. The largest absolute Gasteiger partial charge is 0.497 e. The summed E-state index contributed by atoms with van der Waals surface area (Å²) in [4.78, 5) is 15.8. The summed E-state index contributed by atoms with van der Waals surface area (Å²) in [5.74, 6) is 0.922. The van der Waals surface area contributed by atoms with Crippen LogP contribution in [0.25, 0.3) is 0 Å². The average molecular weight is 474 g/mol. The Balaban J connectivity index is 1.43. The Hall–Kier alpha value is -3.71. The van der Waals surface area contributed by atoms with Crippen LogP contribution in [0.15, 0.2) is 71.8 Å². The summed E-state index contributed by atoms with van der Waals surface area (Å²) in [5, 5.41) is 6.31. The quantitative estimate of drug-likeness (QED) is 0.526. The predicted octanol–water partition coefficient (Wildman–Crippen LogP) is 4.58. The van der Waals surface area contributed by atoms with E-state index < -0.39 is 0 Å². The van der Waals surface area contributed by atoms with Gasteiger partial charge >= 0.3 is 0 Å². The highest BCUT2D eigenvalue weighted by Gasteiger charge is 2.35. The van der Waals surface area contributed by atoms with Crippen LogP contribution in [0, 0.1) is 5.82 Å². The zero-order valence-corrected chi connectivity index (χ0v) is 19.9. The molecule has 0 spiro atoms. The van der Waals surface area contributed by atoms with Crippen LogP contribution in [0.2, 0.25) is 0 Å². The second-order valence-electron chi connectivity index (χ2n) is 8.85. The third kappa shape index (κ3) is 4.77. The first kappa shape index (κ1) is 23.1. The van der Waals surface area contributed by atoms with E-state index in [1.54, 1.807) is 31.4 Å². The summed E-state index contributed by atoms with van der Waals surface area (Å²) in [6, 6.07) is 19.9. The van der Waals surface area contributed by atoms with Crippen molar-refractivity contribution in [3.8, 4) is 11.5 Å². The van der Waals surface area contributed by atoms with Crippen LogP contribution in [0.5, 0.6) is 11.5 Å². The van der Waals surface area contributed by atoms with Crippen molar-refractivity contribution < 1.29 is 18.7 Å². The lowest BCUT2D eigenvalue weighted by atomic mass is 9.97. The highest BCUT2D eigenvalue weighted by molar-refractivity contribution is 6.03. The molecule has 3 aromatic rings. The van der Waals surface area contributed by atoms with Gasteiger partial charge in [-0.1, -0.05) is 36.4 Å². The first-order chi connectivity index (χ1) is 17.1. The van der Waals surface area contributed by atoms with E-state index in [0.29, 0.717) is 17.9 Å². The molecule has 1 amide bonds. The Kier molecular flexibility index (Phi) is 6.51. The minimum Gasteiger partial charge on any atom is -0.497 e. The number of hydrogen-bond donors (Lipinski definition) is 0. The lowest BCUT2D eigenvalue weighted by Crippen LogP contribution is -2.40. The topological polar surface area (TPSA) is 54.4 Å². The summed E-state index contributed by atoms with van der Waals surface area (Å²) in [6.07, 6.45) is 1.42. The molecule has 0 saturated carbocycles. The Morgan fingerprint density at radius 2 is 1.80 bits per heavy atom. The fraction of sp³-hybridized carbons (Fsp3) is 0.286. The van der Waals surface area contributed by atoms with Gasteiger partial charge in [0.15, 0.2) is 0 Å². The van der Waals surface area contributed by atoms with E-state index >= 15 is 0 Å². The van der Waals surface area contributed by atoms with Gasteiger partial charge in [0, 0.05) is 31.1 Å². The maximum absolute atomic E-state index is 13.6. The number of carbonyl (C=O) groups is 1. The third-order valence-corrected chi connectivity index (χ3v) is 6.71. The van der Waals surface area contributed by atoms with E-state index in [1.807, 2.05) is 24.3 Å². The van der Waals surface area contributed by atoms with Gasteiger partial charge in [-0.05, 0) is 47.4 Å².